The molecule has 0 amide bonds. The highest BCUT2D eigenvalue weighted by molar-refractivity contribution is 5.76. The van der Waals surface area contributed by atoms with E-state index in [1.54, 1.807) is 38.1 Å². The Morgan fingerprint density at radius 2 is 1.91 bits per heavy atom. The smallest absolute Gasteiger partial charge is 0.344 e. The first-order chi connectivity index (χ1) is 15.2. The van der Waals surface area contributed by atoms with Gasteiger partial charge in [-0.25, -0.2) is 9.78 Å². The number of hydrogen-bond donors (Lipinski definition) is 5. The topological polar surface area (TPSA) is 174 Å². The van der Waals surface area contributed by atoms with E-state index in [1.807, 2.05) is 0 Å². The summed E-state index contributed by atoms with van der Waals surface area (Å²) in [6.07, 6.45) is -0.774. The number of carboxylic acid groups (broad SMARTS) is 1. The number of aromatic nitrogens is 2. The van der Waals surface area contributed by atoms with Gasteiger partial charge in [0.25, 0.3) is 5.56 Å². The van der Waals surface area contributed by atoms with Gasteiger partial charge in [0.05, 0.1) is 12.2 Å². The van der Waals surface area contributed by atoms with Gasteiger partial charge < -0.3 is 36.1 Å². The Bertz CT molecular complexity index is 1210. The van der Waals surface area contributed by atoms with Gasteiger partial charge in [-0.05, 0) is 48.7 Å². The average Bonchev–Trinajstić information content (AvgIpc) is 2.75. The third-order valence-corrected chi connectivity index (χ3v) is 4.67. The predicted molar refractivity (Wildman–Crippen MR) is 120 cm³/mol. The normalized spacial score (nSPS) is 11.7. The number of rotatable bonds is 8. The van der Waals surface area contributed by atoms with Gasteiger partial charge in [0, 0.05) is 6.07 Å². The fourth-order valence-corrected chi connectivity index (χ4v) is 3.09. The fourth-order valence-electron chi connectivity index (χ4n) is 3.09. The highest BCUT2D eigenvalue weighted by Gasteiger charge is 2.18. The fraction of sp³-hybridized carbons (Fsp3) is 0.227. The molecule has 3 rings (SSSR count). The number of nitrogen functional groups attached to an aromatic ring is 2. The number of aromatic amines is 1. The molecule has 0 fully saturated rings. The molecule has 1 atom stereocenters. The minimum atomic E-state index is -1.09. The van der Waals surface area contributed by atoms with Gasteiger partial charge in [-0.15, -0.1) is 0 Å². The van der Waals surface area contributed by atoms with E-state index < -0.39 is 17.6 Å². The summed E-state index contributed by atoms with van der Waals surface area (Å²) in [5.41, 5.74) is 12.3. The van der Waals surface area contributed by atoms with Crippen LogP contribution >= 0.6 is 0 Å². The summed E-state index contributed by atoms with van der Waals surface area (Å²) >= 11 is 0. The van der Waals surface area contributed by atoms with Crippen LogP contribution in [0, 0.1) is 0 Å². The van der Waals surface area contributed by atoms with E-state index in [-0.39, 0.29) is 35.2 Å². The number of aromatic hydroxyl groups is 1. The summed E-state index contributed by atoms with van der Waals surface area (Å²) < 4.78 is 11.2. The number of nitrogens with zero attached hydrogens (tertiary/aromatic N) is 1. The van der Waals surface area contributed by atoms with Gasteiger partial charge in [-0.3, -0.25) is 4.79 Å². The van der Waals surface area contributed by atoms with Crippen LogP contribution in [0.2, 0.25) is 0 Å². The van der Waals surface area contributed by atoms with Crippen LogP contribution in [-0.2, 0) is 4.79 Å². The van der Waals surface area contributed by atoms with E-state index in [0.29, 0.717) is 29.0 Å². The van der Waals surface area contributed by atoms with Crippen molar-refractivity contribution in [3.05, 3.63) is 46.8 Å². The lowest BCUT2D eigenvalue weighted by molar-refractivity contribution is -0.145. The summed E-state index contributed by atoms with van der Waals surface area (Å²) in [4.78, 5) is 30.0. The Balaban J connectivity index is 2.05. The number of nitrogens with two attached hydrogens (primary N) is 2. The number of ether oxygens (including phenoxy) is 2. The van der Waals surface area contributed by atoms with Crippen LogP contribution in [0.4, 0.5) is 11.5 Å². The zero-order chi connectivity index (χ0) is 23.4. The Hall–Kier alpha value is -4.21. The van der Waals surface area contributed by atoms with Crippen LogP contribution in [0.1, 0.15) is 20.3 Å². The summed E-state index contributed by atoms with van der Waals surface area (Å²) in [5.74, 6) is -0.437. The molecular formula is C22H24N4O6. The summed E-state index contributed by atoms with van der Waals surface area (Å²) in [7, 11) is 0. The number of phenols is 1. The Labute approximate surface area is 183 Å². The molecule has 0 spiro atoms. The molecule has 2 aromatic carbocycles. The molecule has 0 saturated heterocycles. The number of benzene rings is 2. The summed E-state index contributed by atoms with van der Waals surface area (Å²) in [6, 6.07) is 9.61. The van der Waals surface area contributed by atoms with Crippen molar-refractivity contribution < 1.29 is 24.5 Å². The third-order valence-electron chi connectivity index (χ3n) is 4.67. The Kier molecular flexibility index (Phi) is 6.53. The Morgan fingerprint density at radius 1 is 1.16 bits per heavy atom. The molecule has 1 aromatic heterocycles. The Morgan fingerprint density at radius 3 is 2.53 bits per heavy atom. The van der Waals surface area contributed by atoms with Gasteiger partial charge in [-0.1, -0.05) is 13.0 Å². The van der Waals surface area contributed by atoms with Crippen molar-refractivity contribution in [3.63, 3.8) is 0 Å². The quantitative estimate of drug-likeness (QED) is 0.353. The number of anilines is 2. The predicted octanol–water partition coefficient (Wildman–Crippen LogP) is 2.61. The average molecular weight is 440 g/mol. The van der Waals surface area contributed by atoms with Crippen molar-refractivity contribution in [1.29, 1.82) is 0 Å². The van der Waals surface area contributed by atoms with Crippen LogP contribution in [-0.4, -0.2) is 38.9 Å². The lowest BCUT2D eigenvalue weighted by Gasteiger charge is -2.16. The second-order valence-corrected chi connectivity index (χ2v) is 6.93. The van der Waals surface area contributed by atoms with E-state index in [2.05, 4.69) is 9.97 Å². The van der Waals surface area contributed by atoms with Crippen molar-refractivity contribution in [2.24, 2.45) is 0 Å². The molecule has 0 saturated carbocycles. The molecule has 0 radical (unpaired) electrons. The van der Waals surface area contributed by atoms with Gasteiger partial charge in [0.1, 0.15) is 28.8 Å². The minimum Gasteiger partial charge on any atom is -0.508 e. The standard InChI is InChI=1S/C22H24N4O6/c1-3-16(22(29)30)32-14-8-12(7-13(27)10-14)11-5-6-15(17(9-11)31-4-2)20-25-19(24)18(23)21(28)26-20/h5-10,16,27H,3-4,23H2,1-2H3,(H,29,30)(H3,24,25,26,28). The first-order valence-corrected chi connectivity index (χ1v) is 9.89. The molecule has 0 aliphatic heterocycles. The SMILES string of the molecule is CCOc1cc(-c2cc(O)cc(OC(CC)C(=O)O)c2)ccc1-c1nc(N)c(N)c(=O)[nH]1. The van der Waals surface area contributed by atoms with Gasteiger partial charge in [-0.2, -0.15) is 0 Å². The van der Waals surface area contributed by atoms with Crippen molar-refractivity contribution in [2.75, 3.05) is 18.1 Å². The largest absolute Gasteiger partial charge is 0.508 e. The lowest BCUT2D eigenvalue weighted by Crippen LogP contribution is -2.25. The maximum Gasteiger partial charge on any atom is 0.344 e. The van der Waals surface area contributed by atoms with Crippen molar-refractivity contribution in [3.8, 4) is 39.8 Å². The molecule has 3 aromatic rings. The van der Waals surface area contributed by atoms with Crippen molar-refractivity contribution in [2.45, 2.75) is 26.4 Å². The summed E-state index contributed by atoms with van der Waals surface area (Å²) in [6.45, 7) is 3.84. The molecular weight excluding hydrogens is 416 g/mol. The van der Waals surface area contributed by atoms with Gasteiger partial charge in [0.15, 0.2) is 11.9 Å². The second kappa shape index (κ2) is 9.29. The number of H-pyrrole nitrogens is 1. The summed E-state index contributed by atoms with van der Waals surface area (Å²) in [5, 5.41) is 19.4. The second-order valence-electron chi connectivity index (χ2n) is 6.93. The van der Waals surface area contributed by atoms with Crippen molar-refractivity contribution in [1.82, 2.24) is 9.97 Å². The number of aliphatic carboxylic acids is 1. The minimum absolute atomic E-state index is 0.0860. The van der Waals surface area contributed by atoms with Gasteiger partial charge >= 0.3 is 5.97 Å². The molecule has 0 bridgehead atoms. The highest BCUT2D eigenvalue weighted by Crippen LogP contribution is 2.36. The number of nitrogens with one attached hydrogen (secondary N) is 1. The third kappa shape index (κ3) is 4.75. The van der Waals surface area contributed by atoms with E-state index in [0.717, 1.165) is 0 Å². The molecule has 32 heavy (non-hydrogen) atoms. The van der Waals surface area contributed by atoms with Crippen LogP contribution in [0.25, 0.3) is 22.5 Å². The van der Waals surface area contributed by atoms with E-state index in [4.69, 9.17) is 20.9 Å². The number of carboxylic acids is 1. The van der Waals surface area contributed by atoms with Crippen LogP contribution in [0.15, 0.2) is 41.2 Å². The molecule has 7 N–H and O–H groups in total. The highest BCUT2D eigenvalue weighted by atomic mass is 16.5. The lowest BCUT2D eigenvalue weighted by atomic mass is 10.0. The first-order valence-electron chi connectivity index (χ1n) is 9.89. The number of carbonyl (C=O) groups is 1. The maximum atomic E-state index is 12.0. The molecule has 0 aliphatic carbocycles. The number of hydrogen-bond acceptors (Lipinski definition) is 8. The van der Waals surface area contributed by atoms with Crippen LogP contribution in [0.3, 0.4) is 0 Å². The monoisotopic (exact) mass is 440 g/mol. The molecule has 0 aliphatic rings. The van der Waals surface area contributed by atoms with E-state index in [1.165, 1.54) is 12.1 Å². The zero-order valence-corrected chi connectivity index (χ0v) is 17.6. The molecule has 10 heteroatoms. The zero-order valence-electron chi connectivity index (χ0n) is 17.6. The van der Waals surface area contributed by atoms with E-state index >= 15 is 0 Å². The first kappa shape index (κ1) is 22.5. The van der Waals surface area contributed by atoms with Gasteiger partial charge in [0.2, 0.25) is 0 Å². The molecule has 1 heterocycles. The van der Waals surface area contributed by atoms with Crippen LogP contribution in [0.5, 0.6) is 17.2 Å². The molecule has 10 nitrogen and oxygen atoms in total. The molecule has 168 valence electrons. The van der Waals surface area contributed by atoms with Crippen LogP contribution < -0.4 is 26.5 Å². The van der Waals surface area contributed by atoms with E-state index in [9.17, 15) is 19.8 Å². The van der Waals surface area contributed by atoms with Crippen molar-refractivity contribution >= 4 is 17.5 Å². The maximum absolute atomic E-state index is 12.0. The molecule has 1 unspecified atom stereocenters. The number of phenolic OH excluding ortho intramolecular Hbond substituents is 1.